The lowest BCUT2D eigenvalue weighted by molar-refractivity contribution is 0.0806. The molecule has 0 aromatic heterocycles. The zero-order valence-corrected chi connectivity index (χ0v) is 18.8. The minimum atomic E-state index is -4.18. The van der Waals surface area contributed by atoms with Crippen LogP contribution in [-0.4, -0.2) is 11.0 Å². The predicted molar refractivity (Wildman–Crippen MR) is 116 cm³/mol. The molecule has 4 nitrogen and oxygen atoms in total. The summed E-state index contributed by atoms with van der Waals surface area (Å²) in [6.07, 6.45) is 12.6. The summed E-state index contributed by atoms with van der Waals surface area (Å²) in [5, 5.41) is 0. The molecule has 0 amide bonds. The summed E-state index contributed by atoms with van der Waals surface area (Å²) in [6, 6.07) is 4.15. The molecule has 3 atom stereocenters. The van der Waals surface area contributed by atoms with Gasteiger partial charge in [-0.3, -0.25) is 9.42 Å². The van der Waals surface area contributed by atoms with E-state index in [0.717, 1.165) is 50.5 Å². The van der Waals surface area contributed by atoms with Crippen LogP contribution in [0.3, 0.4) is 0 Å². The fraction of sp³-hybridized carbons (Fsp3) is 0.667. The maximum Gasteiger partial charge on any atom is 0.527 e. The number of allylic oxidation sites excluding steroid dienone is 1. The van der Waals surface area contributed by atoms with Crippen molar-refractivity contribution in [1.29, 1.82) is 0 Å². The Morgan fingerprint density at radius 1 is 0.966 bits per heavy atom. The van der Waals surface area contributed by atoms with E-state index < -0.39 is 7.82 Å². The van der Waals surface area contributed by atoms with Crippen molar-refractivity contribution in [2.24, 2.45) is 5.92 Å². The number of phosphoric ester groups is 1. The van der Waals surface area contributed by atoms with Crippen molar-refractivity contribution < 1.29 is 18.5 Å². The molecule has 1 aromatic rings. The lowest BCUT2D eigenvalue weighted by Crippen LogP contribution is -2.29. The zero-order valence-electron chi connectivity index (χ0n) is 17.9. The first-order valence-corrected chi connectivity index (χ1v) is 13.0. The van der Waals surface area contributed by atoms with E-state index in [4.69, 9.17) is 9.05 Å². The average Bonchev–Trinajstić information content (AvgIpc) is 2.72. The van der Waals surface area contributed by atoms with E-state index in [1.54, 1.807) is 5.57 Å². The van der Waals surface area contributed by atoms with E-state index >= 15 is 0 Å². The summed E-state index contributed by atoms with van der Waals surface area (Å²) in [5.74, 6) is 0.825. The normalized spacial score (nSPS) is 26.4. The maximum atomic E-state index is 13.0. The summed E-state index contributed by atoms with van der Waals surface area (Å²) in [4.78, 5) is 10.6. The second kappa shape index (κ2) is 8.96. The molecule has 0 bridgehead atoms. The summed E-state index contributed by atoms with van der Waals surface area (Å²) in [7, 11) is -4.18. The Morgan fingerprint density at radius 3 is 2.24 bits per heavy atom. The molecule has 4 rings (SSSR count). The Hall–Kier alpha value is -1.09. The molecule has 0 fully saturated rings. The van der Waals surface area contributed by atoms with Crippen LogP contribution >= 0.6 is 7.82 Å². The number of phosphoric acid groups is 1. The Morgan fingerprint density at radius 2 is 1.59 bits per heavy atom. The Kier molecular flexibility index (Phi) is 6.53. The first-order valence-electron chi connectivity index (χ1n) is 11.5. The molecule has 160 valence electrons. The lowest BCUT2D eigenvalue weighted by atomic mass is 9.75. The Labute approximate surface area is 175 Å². The summed E-state index contributed by atoms with van der Waals surface area (Å²) in [6.45, 7) is 4.21. The van der Waals surface area contributed by atoms with Gasteiger partial charge in [0.1, 0.15) is 5.75 Å². The van der Waals surface area contributed by atoms with Crippen molar-refractivity contribution in [2.45, 2.75) is 97.0 Å². The van der Waals surface area contributed by atoms with Gasteiger partial charge in [0.05, 0.1) is 6.10 Å². The number of benzene rings is 1. The number of aryl methyl sites for hydroxylation is 3. The molecule has 0 spiro atoms. The topological polar surface area (TPSA) is 55.8 Å². The smallest absolute Gasteiger partial charge is 0.404 e. The highest BCUT2D eigenvalue weighted by molar-refractivity contribution is 7.47. The number of rotatable bonds is 6. The second-order valence-electron chi connectivity index (χ2n) is 8.98. The van der Waals surface area contributed by atoms with Gasteiger partial charge in [-0.2, -0.15) is 0 Å². The summed E-state index contributed by atoms with van der Waals surface area (Å²) in [5.41, 5.74) is 6.67. The Bertz CT molecular complexity index is 828. The number of hydrogen-bond donors (Lipinski definition) is 1. The van der Waals surface area contributed by atoms with Gasteiger partial charge in [-0.15, -0.1) is 0 Å². The SMILES string of the molecule is CCc1cc2c(cc1OP(=O)(O)OC1CC3=C(CCCC3)CC1CC)CCCC2. The van der Waals surface area contributed by atoms with Gasteiger partial charge in [0, 0.05) is 0 Å². The molecule has 29 heavy (non-hydrogen) atoms. The van der Waals surface area contributed by atoms with E-state index in [9.17, 15) is 9.46 Å². The molecule has 0 saturated carbocycles. The van der Waals surface area contributed by atoms with E-state index in [1.807, 2.05) is 6.07 Å². The van der Waals surface area contributed by atoms with Gasteiger partial charge in [0.25, 0.3) is 0 Å². The summed E-state index contributed by atoms with van der Waals surface area (Å²) >= 11 is 0. The molecular formula is C24H35O4P. The largest absolute Gasteiger partial charge is 0.527 e. The van der Waals surface area contributed by atoms with Crippen molar-refractivity contribution in [3.8, 4) is 5.75 Å². The molecule has 3 unspecified atom stereocenters. The first kappa shape index (κ1) is 21.2. The van der Waals surface area contributed by atoms with Gasteiger partial charge in [0.2, 0.25) is 0 Å². The molecule has 3 aliphatic carbocycles. The van der Waals surface area contributed by atoms with Gasteiger partial charge in [0.15, 0.2) is 0 Å². The maximum absolute atomic E-state index is 13.0. The third-order valence-corrected chi connectivity index (χ3v) is 8.07. The quantitative estimate of drug-likeness (QED) is 0.413. The van der Waals surface area contributed by atoms with E-state index in [1.165, 1.54) is 48.8 Å². The van der Waals surface area contributed by atoms with Gasteiger partial charge in [-0.1, -0.05) is 37.5 Å². The second-order valence-corrected chi connectivity index (χ2v) is 10.3. The average molecular weight is 419 g/mol. The van der Waals surface area contributed by atoms with E-state index in [2.05, 4.69) is 19.9 Å². The van der Waals surface area contributed by atoms with Crippen molar-refractivity contribution in [3.05, 3.63) is 40.0 Å². The summed E-state index contributed by atoms with van der Waals surface area (Å²) < 4.78 is 24.5. The zero-order chi connectivity index (χ0) is 20.4. The molecule has 1 N–H and O–H groups in total. The highest BCUT2D eigenvalue weighted by Crippen LogP contribution is 2.51. The molecular weight excluding hydrogens is 383 g/mol. The van der Waals surface area contributed by atoms with Gasteiger partial charge in [-0.05, 0) is 99.3 Å². The van der Waals surface area contributed by atoms with Crippen molar-refractivity contribution in [3.63, 3.8) is 0 Å². The van der Waals surface area contributed by atoms with Crippen LogP contribution in [0.1, 0.15) is 88.3 Å². The fourth-order valence-electron chi connectivity index (χ4n) is 5.40. The minimum Gasteiger partial charge on any atom is -0.404 e. The van der Waals surface area contributed by atoms with E-state index in [-0.39, 0.29) is 6.10 Å². The molecule has 5 heteroatoms. The number of fused-ring (bicyclic) bond motifs is 1. The van der Waals surface area contributed by atoms with Crippen LogP contribution < -0.4 is 4.52 Å². The van der Waals surface area contributed by atoms with Gasteiger partial charge < -0.3 is 4.52 Å². The third kappa shape index (κ3) is 4.81. The van der Waals surface area contributed by atoms with E-state index in [0.29, 0.717) is 11.7 Å². The third-order valence-electron chi connectivity index (χ3n) is 7.10. The molecule has 0 aliphatic heterocycles. The van der Waals surface area contributed by atoms with Gasteiger partial charge in [-0.25, -0.2) is 4.57 Å². The molecule has 3 aliphatic rings. The highest BCUT2D eigenvalue weighted by Gasteiger charge is 2.37. The monoisotopic (exact) mass is 418 g/mol. The first-order chi connectivity index (χ1) is 14.0. The van der Waals surface area contributed by atoms with Crippen molar-refractivity contribution >= 4 is 7.82 Å². The van der Waals surface area contributed by atoms with Crippen LogP contribution in [0.25, 0.3) is 0 Å². The molecule has 0 radical (unpaired) electrons. The van der Waals surface area contributed by atoms with Crippen LogP contribution in [0.2, 0.25) is 0 Å². The fourth-order valence-corrected chi connectivity index (χ4v) is 6.45. The van der Waals surface area contributed by atoms with Crippen LogP contribution in [0.5, 0.6) is 5.75 Å². The highest BCUT2D eigenvalue weighted by atomic mass is 31.2. The van der Waals surface area contributed by atoms with Crippen LogP contribution in [-0.2, 0) is 28.4 Å². The predicted octanol–water partition coefficient (Wildman–Crippen LogP) is 6.68. The van der Waals surface area contributed by atoms with Crippen LogP contribution in [0.15, 0.2) is 23.3 Å². The Balaban J connectivity index is 1.51. The van der Waals surface area contributed by atoms with Gasteiger partial charge >= 0.3 is 7.82 Å². The molecule has 0 heterocycles. The van der Waals surface area contributed by atoms with Crippen molar-refractivity contribution in [2.75, 3.05) is 0 Å². The minimum absolute atomic E-state index is 0.226. The van der Waals surface area contributed by atoms with Crippen molar-refractivity contribution in [1.82, 2.24) is 0 Å². The number of hydrogen-bond acceptors (Lipinski definition) is 3. The molecule has 1 aromatic carbocycles. The molecule has 0 saturated heterocycles. The lowest BCUT2D eigenvalue weighted by Gasteiger charge is -2.36. The van der Waals surface area contributed by atoms with Crippen LogP contribution in [0.4, 0.5) is 0 Å². The standard InChI is InChI=1S/C24H35O4P/c1-3-17-13-19-9-5-7-11-21(19)15-23(17)27-29(25,26)28-24-16-22-12-8-6-10-20(22)14-18(24)4-2/h13,15,18,24H,3-12,14,16H2,1-2H3,(H,25,26). The van der Waals surface area contributed by atoms with Crippen LogP contribution in [0, 0.1) is 5.92 Å².